The largest absolute Gasteiger partial charge is 0.419 e. The molecule has 0 amide bonds. The molecule has 1 aliphatic heterocycles. The number of carbonyl (C=O) groups is 2. The van der Waals surface area contributed by atoms with Crippen LogP contribution in [0.1, 0.15) is 30.5 Å². The van der Waals surface area contributed by atoms with Gasteiger partial charge in [0.25, 0.3) is 5.79 Å². The summed E-state index contributed by atoms with van der Waals surface area (Å²) in [6.45, 7) is 6.96. The molecule has 4 nitrogen and oxygen atoms in total. The summed E-state index contributed by atoms with van der Waals surface area (Å²) in [4.78, 5) is 23.7. The lowest BCUT2D eigenvalue weighted by Crippen LogP contribution is -2.41. The van der Waals surface area contributed by atoms with Crippen LogP contribution < -0.4 is 0 Å². The van der Waals surface area contributed by atoms with E-state index in [9.17, 15) is 9.59 Å². The molecule has 19 heavy (non-hydrogen) atoms. The molecule has 100 valence electrons. The summed E-state index contributed by atoms with van der Waals surface area (Å²) < 4.78 is 10.1. The van der Waals surface area contributed by atoms with Crippen LogP contribution in [0, 0.1) is 13.8 Å². The summed E-state index contributed by atoms with van der Waals surface area (Å²) in [6.07, 6.45) is 1.52. The van der Waals surface area contributed by atoms with Crippen molar-refractivity contribution in [3.05, 3.63) is 40.5 Å². The maximum atomic E-state index is 11.8. The van der Waals surface area contributed by atoms with E-state index in [-0.39, 0.29) is 5.57 Å². The van der Waals surface area contributed by atoms with Crippen molar-refractivity contribution in [1.82, 2.24) is 0 Å². The Morgan fingerprint density at radius 1 is 1.05 bits per heavy atom. The van der Waals surface area contributed by atoms with E-state index in [0.29, 0.717) is 0 Å². The third-order valence-corrected chi connectivity index (χ3v) is 3.06. The van der Waals surface area contributed by atoms with Crippen LogP contribution in [0.25, 0.3) is 6.08 Å². The molecule has 0 atom stereocenters. The highest BCUT2D eigenvalue weighted by molar-refractivity contribution is 6.18. The molecule has 0 saturated carbocycles. The Kier molecular flexibility index (Phi) is 3.18. The van der Waals surface area contributed by atoms with Crippen LogP contribution in [0.15, 0.2) is 23.8 Å². The minimum absolute atomic E-state index is 0.0759. The van der Waals surface area contributed by atoms with Gasteiger partial charge in [0.2, 0.25) is 0 Å². The van der Waals surface area contributed by atoms with E-state index in [4.69, 9.17) is 9.47 Å². The number of cyclic esters (lactones) is 2. The topological polar surface area (TPSA) is 52.6 Å². The molecule has 1 aromatic rings. The van der Waals surface area contributed by atoms with E-state index < -0.39 is 17.7 Å². The summed E-state index contributed by atoms with van der Waals surface area (Å²) in [6, 6.07) is 5.69. The summed E-state index contributed by atoms with van der Waals surface area (Å²) >= 11 is 0. The lowest BCUT2D eigenvalue weighted by atomic mass is 10.0. The number of aryl methyl sites for hydroxylation is 1. The molecule has 0 aliphatic carbocycles. The number of esters is 2. The van der Waals surface area contributed by atoms with E-state index >= 15 is 0 Å². The number of hydrogen-bond acceptors (Lipinski definition) is 4. The maximum Gasteiger partial charge on any atom is 0.348 e. The van der Waals surface area contributed by atoms with E-state index in [1.165, 1.54) is 19.9 Å². The van der Waals surface area contributed by atoms with Crippen molar-refractivity contribution in [3.8, 4) is 0 Å². The zero-order valence-corrected chi connectivity index (χ0v) is 11.4. The number of hydrogen-bond donors (Lipinski definition) is 0. The molecule has 0 N–H and O–H groups in total. The molecule has 1 aromatic carbocycles. The first kappa shape index (κ1) is 13.3. The van der Waals surface area contributed by atoms with Gasteiger partial charge in [-0.1, -0.05) is 18.2 Å². The van der Waals surface area contributed by atoms with E-state index in [1.54, 1.807) is 0 Å². The molecule has 1 saturated heterocycles. The average Bonchev–Trinajstić information content (AvgIpc) is 2.27. The maximum absolute atomic E-state index is 11.8. The van der Waals surface area contributed by atoms with Crippen molar-refractivity contribution in [2.75, 3.05) is 0 Å². The zero-order chi connectivity index (χ0) is 14.2. The van der Waals surface area contributed by atoms with Gasteiger partial charge < -0.3 is 9.47 Å². The molecule has 0 bridgehead atoms. The Hall–Kier alpha value is -2.10. The molecule has 0 unspecified atom stereocenters. The highest BCUT2D eigenvalue weighted by Crippen LogP contribution is 2.25. The SMILES string of the molecule is Cc1cccc(C=C2C(=O)OC(C)(C)OC2=O)c1C. The van der Waals surface area contributed by atoms with E-state index in [0.717, 1.165) is 16.7 Å². The van der Waals surface area contributed by atoms with Crippen molar-refractivity contribution in [2.24, 2.45) is 0 Å². The molecule has 0 aromatic heterocycles. The summed E-state index contributed by atoms with van der Waals surface area (Å²) in [7, 11) is 0. The van der Waals surface area contributed by atoms with Gasteiger partial charge in [0.1, 0.15) is 5.57 Å². The van der Waals surface area contributed by atoms with Gasteiger partial charge in [-0.25, -0.2) is 9.59 Å². The number of ether oxygens (including phenoxy) is 2. The Morgan fingerprint density at radius 3 is 2.21 bits per heavy atom. The second kappa shape index (κ2) is 4.53. The van der Waals surface area contributed by atoms with Crippen LogP contribution in [0.3, 0.4) is 0 Å². The van der Waals surface area contributed by atoms with Crippen LogP contribution in [0.4, 0.5) is 0 Å². The van der Waals surface area contributed by atoms with Crippen LogP contribution in [-0.4, -0.2) is 17.7 Å². The van der Waals surface area contributed by atoms with Crippen molar-refractivity contribution in [2.45, 2.75) is 33.5 Å². The second-order valence-corrected chi connectivity index (χ2v) is 5.03. The van der Waals surface area contributed by atoms with E-state index in [1.807, 2.05) is 32.0 Å². The number of rotatable bonds is 1. The fraction of sp³-hybridized carbons (Fsp3) is 0.333. The van der Waals surface area contributed by atoms with Crippen LogP contribution in [0.2, 0.25) is 0 Å². The highest BCUT2D eigenvalue weighted by Gasteiger charge is 2.38. The molecular weight excluding hydrogens is 244 g/mol. The normalized spacial score (nSPS) is 17.8. The molecule has 1 heterocycles. The fourth-order valence-corrected chi connectivity index (χ4v) is 1.86. The van der Waals surface area contributed by atoms with Gasteiger partial charge in [0, 0.05) is 13.8 Å². The van der Waals surface area contributed by atoms with Crippen LogP contribution >= 0.6 is 0 Å². The highest BCUT2D eigenvalue weighted by atomic mass is 16.7. The van der Waals surface area contributed by atoms with Crippen molar-refractivity contribution in [3.63, 3.8) is 0 Å². The van der Waals surface area contributed by atoms with Crippen LogP contribution in [0.5, 0.6) is 0 Å². The number of benzene rings is 1. The quantitative estimate of drug-likeness (QED) is 0.442. The molecule has 1 aliphatic rings. The Morgan fingerprint density at radius 2 is 1.63 bits per heavy atom. The Balaban J connectivity index is 2.41. The fourth-order valence-electron chi connectivity index (χ4n) is 1.86. The molecule has 0 radical (unpaired) electrons. The first-order valence-corrected chi connectivity index (χ1v) is 6.05. The zero-order valence-electron chi connectivity index (χ0n) is 11.4. The van der Waals surface area contributed by atoms with Crippen molar-refractivity contribution < 1.29 is 19.1 Å². The average molecular weight is 260 g/mol. The molecule has 1 fully saturated rings. The van der Waals surface area contributed by atoms with Gasteiger partial charge in [-0.05, 0) is 36.6 Å². The first-order chi connectivity index (χ1) is 8.80. The van der Waals surface area contributed by atoms with Gasteiger partial charge in [-0.2, -0.15) is 0 Å². The van der Waals surface area contributed by atoms with Crippen molar-refractivity contribution in [1.29, 1.82) is 0 Å². The van der Waals surface area contributed by atoms with Crippen molar-refractivity contribution >= 4 is 18.0 Å². The van der Waals surface area contributed by atoms with Gasteiger partial charge in [-0.3, -0.25) is 0 Å². The number of carbonyl (C=O) groups excluding carboxylic acids is 2. The van der Waals surface area contributed by atoms with Gasteiger partial charge in [-0.15, -0.1) is 0 Å². The van der Waals surface area contributed by atoms with Gasteiger partial charge >= 0.3 is 11.9 Å². The lowest BCUT2D eigenvalue weighted by Gasteiger charge is -2.29. The molecule has 0 spiro atoms. The summed E-state index contributed by atoms with van der Waals surface area (Å²) in [5.74, 6) is -2.50. The van der Waals surface area contributed by atoms with E-state index in [2.05, 4.69) is 0 Å². The molecule has 2 rings (SSSR count). The van der Waals surface area contributed by atoms with Gasteiger partial charge in [0.05, 0.1) is 0 Å². The minimum Gasteiger partial charge on any atom is -0.419 e. The predicted molar refractivity (Wildman–Crippen MR) is 70.2 cm³/mol. The third-order valence-electron chi connectivity index (χ3n) is 3.06. The Labute approximate surface area is 112 Å². The van der Waals surface area contributed by atoms with Crippen LogP contribution in [-0.2, 0) is 19.1 Å². The first-order valence-electron chi connectivity index (χ1n) is 6.05. The third kappa shape index (κ3) is 2.67. The van der Waals surface area contributed by atoms with Gasteiger partial charge in [0.15, 0.2) is 0 Å². The smallest absolute Gasteiger partial charge is 0.348 e. The minimum atomic E-state index is -1.20. The predicted octanol–water partition coefficient (Wildman–Crippen LogP) is 2.52. The second-order valence-electron chi connectivity index (χ2n) is 5.03. The monoisotopic (exact) mass is 260 g/mol. The standard InChI is InChI=1S/C15H16O4/c1-9-6-5-7-11(10(9)2)8-12-13(16)18-15(3,4)19-14(12)17/h5-8H,1-4H3. The Bertz CT molecular complexity index is 560. The molecular formula is C15H16O4. The summed E-state index contributed by atoms with van der Waals surface area (Å²) in [5.41, 5.74) is 2.84. The lowest BCUT2D eigenvalue weighted by molar-refractivity contribution is -0.222. The molecule has 4 heteroatoms. The summed E-state index contributed by atoms with van der Waals surface area (Å²) in [5, 5.41) is 0.